The van der Waals surface area contributed by atoms with E-state index in [0.717, 1.165) is 6.42 Å². The predicted octanol–water partition coefficient (Wildman–Crippen LogP) is 3.02. The molecule has 0 aliphatic rings. The summed E-state index contributed by atoms with van der Waals surface area (Å²) < 4.78 is 0. The molecule has 1 heterocycles. The number of aryl methyl sites for hydroxylation is 1. The summed E-state index contributed by atoms with van der Waals surface area (Å²) in [4.78, 5) is 13.2. The number of hydrogen-bond donors (Lipinski definition) is 3. The van der Waals surface area contributed by atoms with Crippen molar-refractivity contribution in [2.75, 3.05) is 13.2 Å². The van der Waals surface area contributed by atoms with Crippen LogP contribution in [0.2, 0.25) is 0 Å². The van der Waals surface area contributed by atoms with Crippen molar-refractivity contribution in [1.29, 1.82) is 0 Å². The molecule has 0 spiro atoms. The lowest BCUT2D eigenvalue weighted by molar-refractivity contribution is 0.234. The van der Waals surface area contributed by atoms with E-state index in [-0.39, 0.29) is 18.7 Å². The molecule has 2 amide bonds. The molecule has 22 heavy (non-hydrogen) atoms. The van der Waals surface area contributed by atoms with Gasteiger partial charge in [-0.25, -0.2) is 4.79 Å². The second-order valence-corrected chi connectivity index (χ2v) is 6.14. The summed E-state index contributed by atoms with van der Waals surface area (Å²) in [5.74, 6) is 0. The van der Waals surface area contributed by atoms with Crippen molar-refractivity contribution in [3.63, 3.8) is 0 Å². The molecular formula is C17H22N2O2S. The minimum atomic E-state index is -0.192. The average molecular weight is 318 g/mol. The number of aliphatic hydroxyl groups is 1. The number of nitrogens with one attached hydrogen (secondary N) is 2. The van der Waals surface area contributed by atoms with Crippen LogP contribution < -0.4 is 10.6 Å². The molecule has 1 aromatic carbocycles. The Balaban J connectivity index is 2.05. The highest BCUT2D eigenvalue weighted by atomic mass is 32.1. The fourth-order valence-corrected chi connectivity index (χ4v) is 3.27. The van der Waals surface area contributed by atoms with Crippen molar-refractivity contribution in [2.24, 2.45) is 0 Å². The SMILES string of the molecule is Cc1ccsc1C(Cc1ccccc1)NC(=O)NCCCO. The third kappa shape index (κ3) is 4.86. The summed E-state index contributed by atoms with van der Waals surface area (Å²) in [5, 5.41) is 16.6. The van der Waals surface area contributed by atoms with Crippen LogP contribution in [0.3, 0.4) is 0 Å². The topological polar surface area (TPSA) is 61.4 Å². The third-order valence-electron chi connectivity index (χ3n) is 3.43. The van der Waals surface area contributed by atoms with E-state index in [1.165, 1.54) is 16.0 Å². The lowest BCUT2D eigenvalue weighted by Gasteiger charge is -2.19. The van der Waals surface area contributed by atoms with Crippen LogP contribution in [0.1, 0.15) is 28.5 Å². The molecule has 0 radical (unpaired) electrons. The predicted molar refractivity (Wildman–Crippen MR) is 90.2 cm³/mol. The molecule has 0 aliphatic heterocycles. The maximum Gasteiger partial charge on any atom is 0.315 e. The van der Waals surface area contributed by atoms with Gasteiger partial charge in [-0.3, -0.25) is 0 Å². The van der Waals surface area contributed by atoms with Crippen LogP contribution >= 0.6 is 11.3 Å². The fourth-order valence-electron chi connectivity index (χ4n) is 2.29. The normalized spacial score (nSPS) is 11.9. The van der Waals surface area contributed by atoms with Gasteiger partial charge in [-0.15, -0.1) is 11.3 Å². The van der Waals surface area contributed by atoms with E-state index in [1.807, 2.05) is 23.6 Å². The van der Waals surface area contributed by atoms with Crippen molar-refractivity contribution in [3.05, 3.63) is 57.8 Å². The molecule has 3 N–H and O–H groups in total. The molecule has 0 bridgehead atoms. The quantitative estimate of drug-likeness (QED) is 0.687. The second-order valence-electron chi connectivity index (χ2n) is 5.19. The largest absolute Gasteiger partial charge is 0.396 e. The smallest absolute Gasteiger partial charge is 0.315 e. The van der Waals surface area contributed by atoms with Crippen molar-refractivity contribution >= 4 is 17.4 Å². The molecule has 5 heteroatoms. The van der Waals surface area contributed by atoms with Gasteiger partial charge in [0, 0.05) is 18.0 Å². The molecule has 0 aliphatic carbocycles. The number of benzene rings is 1. The van der Waals surface area contributed by atoms with Crippen LogP contribution in [-0.4, -0.2) is 24.3 Å². The highest BCUT2D eigenvalue weighted by molar-refractivity contribution is 7.10. The molecule has 1 aromatic heterocycles. The minimum Gasteiger partial charge on any atom is -0.396 e. The average Bonchev–Trinajstić information content (AvgIpc) is 2.94. The van der Waals surface area contributed by atoms with Crippen molar-refractivity contribution in [2.45, 2.75) is 25.8 Å². The molecular weight excluding hydrogens is 296 g/mol. The van der Waals surface area contributed by atoms with Gasteiger partial charge in [0.2, 0.25) is 0 Å². The lowest BCUT2D eigenvalue weighted by Crippen LogP contribution is -2.39. The Hall–Kier alpha value is -1.85. The molecule has 0 saturated carbocycles. The standard InChI is InChI=1S/C17H22N2O2S/c1-13-8-11-22-16(13)15(12-14-6-3-2-4-7-14)19-17(21)18-9-5-10-20/h2-4,6-8,11,15,20H,5,9-10,12H2,1H3,(H2,18,19,21). The van der Waals surface area contributed by atoms with Gasteiger partial charge in [0.25, 0.3) is 0 Å². The molecule has 1 atom stereocenters. The minimum absolute atomic E-state index is 0.0449. The van der Waals surface area contributed by atoms with E-state index in [0.29, 0.717) is 13.0 Å². The number of carbonyl (C=O) groups excluding carboxylic acids is 1. The van der Waals surface area contributed by atoms with Gasteiger partial charge in [0.05, 0.1) is 6.04 Å². The molecule has 2 aromatic rings. The third-order valence-corrected chi connectivity index (χ3v) is 4.56. The number of carbonyl (C=O) groups is 1. The highest BCUT2D eigenvalue weighted by Gasteiger charge is 2.18. The molecule has 0 fully saturated rings. The first-order valence-corrected chi connectivity index (χ1v) is 8.32. The maximum atomic E-state index is 12.0. The van der Waals surface area contributed by atoms with E-state index < -0.39 is 0 Å². The maximum absolute atomic E-state index is 12.0. The van der Waals surface area contributed by atoms with Gasteiger partial charge in [0.1, 0.15) is 0 Å². The molecule has 2 rings (SSSR count). The first kappa shape index (κ1) is 16.5. The molecule has 4 nitrogen and oxygen atoms in total. The van der Waals surface area contributed by atoms with Crippen LogP contribution in [-0.2, 0) is 6.42 Å². The second kappa shape index (κ2) is 8.56. The highest BCUT2D eigenvalue weighted by Crippen LogP contribution is 2.26. The van der Waals surface area contributed by atoms with E-state index in [2.05, 4.69) is 35.8 Å². The number of aliphatic hydroxyl groups excluding tert-OH is 1. The number of hydrogen-bond acceptors (Lipinski definition) is 3. The summed E-state index contributed by atoms with van der Waals surface area (Å²) in [5.41, 5.74) is 2.39. The summed E-state index contributed by atoms with van der Waals surface area (Å²) in [7, 11) is 0. The molecule has 0 saturated heterocycles. The summed E-state index contributed by atoms with van der Waals surface area (Å²) in [6, 6.07) is 12.0. The number of rotatable bonds is 7. The zero-order valence-electron chi connectivity index (χ0n) is 12.7. The van der Waals surface area contributed by atoms with Crippen molar-refractivity contribution in [3.8, 4) is 0 Å². The fraction of sp³-hybridized carbons (Fsp3) is 0.353. The number of urea groups is 1. The van der Waals surface area contributed by atoms with Gasteiger partial charge in [-0.05, 0) is 42.3 Å². The van der Waals surface area contributed by atoms with E-state index in [9.17, 15) is 4.79 Å². The van der Waals surface area contributed by atoms with Crippen molar-refractivity contribution in [1.82, 2.24) is 10.6 Å². The van der Waals surface area contributed by atoms with E-state index >= 15 is 0 Å². The Kier molecular flexibility index (Phi) is 6.43. The van der Waals surface area contributed by atoms with Crippen LogP contribution in [0, 0.1) is 6.92 Å². The van der Waals surface area contributed by atoms with Crippen LogP contribution in [0.25, 0.3) is 0 Å². The van der Waals surface area contributed by atoms with Gasteiger partial charge < -0.3 is 15.7 Å². The van der Waals surface area contributed by atoms with Crippen LogP contribution in [0.15, 0.2) is 41.8 Å². The molecule has 118 valence electrons. The zero-order chi connectivity index (χ0) is 15.8. The van der Waals surface area contributed by atoms with E-state index in [4.69, 9.17) is 5.11 Å². The lowest BCUT2D eigenvalue weighted by atomic mass is 10.0. The van der Waals surface area contributed by atoms with Crippen LogP contribution in [0.4, 0.5) is 4.79 Å². The first-order chi connectivity index (χ1) is 10.7. The number of amides is 2. The zero-order valence-corrected chi connectivity index (χ0v) is 13.5. The number of thiophene rings is 1. The Bertz CT molecular complexity index is 583. The monoisotopic (exact) mass is 318 g/mol. The van der Waals surface area contributed by atoms with Gasteiger partial charge >= 0.3 is 6.03 Å². The first-order valence-electron chi connectivity index (χ1n) is 7.44. The summed E-state index contributed by atoms with van der Waals surface area (Å²) >= 11 is 1.66. The van der Waals surface area contributed by atoms with Crippen molar-refractivity contribution < 1.29 is 9.90 Å². The van der Waals surface area contributed by atoms with Gasteiger partial charge in [-0.1, -0.05) is 30.3 Å². The van der Waals surface area contributed by atoms with E-state index in [1.54, 1.807) is 11.3 Å². The summed E-state index contributed by atoms with van der Waals surface area (Å²) in [6.45, 7) is 2.62. The van der Waals surface area contributed by atoms with Gasteiger partial charge in [-0.2, -0.15) is 0 Å². The Morgan fingerprint density at radius 2 is 2.05 bits per heavy atom. The Morgan fingerprint density at radius 3 is 2.68 bits per heavy atom. The van der Waals surface area contributed by atoms with Crippen LogP contribution in [0.5, 0.6) is 0 Å². The Morgan fingerprint density at radius 1 is 1.27 bits per heavy atom. The van der Waals surface area contributed by atoms with Gasteiger partial charge in [0.15, 0.2) is 0 Å². The summed E-state index contributed by atoms with van der Waals surface area (Å²) in [6.07, 6.45) is 1.32. The Labute approximate surface area is 135 Å². The molecule has 1 unspecified atom stereocenters.